The molecule has 0 saturated heterocycles. The fourth-order valence-electron chi connectivity index (χ4n) is 3.32. The van der Waals surface area contributed by atoms with Crippen LogP contribution in [-0.2, 0) is 9.84 Å². The van der Waals surface area contributed by atoms with Gasteiger partial charge < -0.3 is 5.11 Å². The minimum absolute atomic E-state index is 0.0541. The van der Waals surface area contributed by atoms with Crippen LogP contribution in [0, 0.1) is 5.41 Å². The van der Waals surface area contributed by atoms with Gasteiger partial charge in [-0.25, -0.2) is 8.42 Å². The Morgan fingerprint density at radius 1 is 1.00 bits per heavy atom. The fourth-order valence-corrected chi connectivity index (χ4v) is 5.46. The molecule has 0 radical (unpaired) electrons. The van der Waals surface area contributed by atoms with Crippen LogP contribution in [0.5, 0.6) is 0 Å². The summed E-state index contributed by atoms with van der Waals surface area (Å²) in [6.07, 6.45) is -0.770. The van der Waals surface area contributed by atoms with Crippen molar-refractivity contribution in [1.29, 1.82) is 0 Å². The monoisotopic (exact) mass is 316 g/mol. The highest BCUT2D eigenvalue weighted by molar-refractivity contribution is 7.91. The number of fused-ring (bicyclic) bond motifs is 1. The maximum atomic E-state index is 12.7. The lowest BCUT2D eigenvalue weighted by Crippen LogP contribution is -2.37. The molecular formula is C18H20O3S. The van der Waals surface area contributed by atoms with E-state index in [1.165, 1.54) is 0 Å². The molecule has 0 amide bonds. The summed E-state index contributed by atoms with van der Waals surface area (Å²) >= 11 is 0. The Labute approximate surface area is 131 Å². The van der Waals surface area contributed by atoms with Crippen LogP contribution >= 0.6 is 0 Å². The van der Waals surface area contributed by atoms with Crippen LogP contribution in [-0.4, -0.2) is 25.4 Å². The van der Waals surface area contributed by atoms with Gasteiger partial charge in [0, 0.05) is 11.3 Å². The summed E-state index contributed by atoms with van der Waals surface area (Å²) in [6, 6.07) is 16.7. The molecule has 1 heterocycles. The summed E-state index contributed by atoms with van der Waals surface area (Å²) in [5.41, 5.74) is 0.901. The van der Waals surface area contributed by atoms with E-state index in [9.17, 15) is 13.5 Å². The molecule has 2 atom stereocenters. The first-order chi connectivity index (χ1) is 10.3. The van der Waals surface area contributed by atoms with Gasteiger partial charge in [-0.15, -0.1) is 0 Å². The maximum Gasteiger partial charge on any atom is 0.179 e. The molecule has 3 rings (SSSR count). The Morgan fingerprint density at radius 2 is 1.59 bits per heavy atom. The quantitative estimate of drug-likeness (QED) is 0.880. The molecule has 0 aromatic heterocycles. The summed E-state index contributed by atoms with van der Waals surface area (Å²) in [5.74, 6) is -0.397. The van der Waals surface area contributed by atoms with Gasteiger partial charge >= 0.3 is 0 Å². The van der Waals surface area contributed by atoms with E-state index in [2.05, 4.69) is 0 Å². The van der Waals surface area contributed by atoms with Crippen molar-refractivity contribution in [3.8, 4) is 0 Å². The minimum Gasteiger partial charge on any atom is -0.392 e. The van der Waals surface area contributed by atoms with E-state index in [4.69, 9.17) is 0 Å². The first-order valence-electron chi connectivity index (χ1n) is 7.38. The highest BCUT2D eigenvalue weighted by Gasteiger charge is 2.44. The zero-order chi connectivity index (χ0) is 16.0. The van der Waals surface area contributed by atoms with Gasteiger partial charge in [0.15, 0.2) is 9.84 Å². The Hall–Kier alpha value is -1.65. The van der Waals surface area contributed by atoms with E-state index < -0.39 is 21.4 Å². The van der Waals surface area contributed by atoms with Crippen LogP contribution in [0.15, 0.2) is 59.5 Å². The smallest absolute Gasteiger partial charge is 0.179 e. The molecule has 0 aliphatic carbocycles. The summed E-state index contributed by atoms with van der Waals surface area (Å²) in [7, 11) is -3.42. The van der Waals surface area contributed by atoms with Gasteiger partial charge in [0.05, 0.1) is 16.8 Å². The van der Waals surface area contributed by atoms with Crippen molar-refractivity contribution in [1.82, 2.24) is 0 Å². The van der Waals surface area contributed by atoms with Crippen LogP contribution in [0.25, 0.3) is 0 Å². The molecule has 1 aliphatic heterocycles. The largest absolute Gasteiger partial charge is 0.392 e. The van der Waals surface area contributed by atoms with Crippen molar-refractivity contribution < 1.29 is 13.5 Å². The van der Waals surface area contributed by atoms with Crippen LogP contribution < -0.4 is 0 Å². The molecule has 0 spiro atoms. The van der Waals surface area contributed by atoms with E-state index in [1.807, 2.05) is 56.3 Å². The first-order valence-corrected chi connectivity index (χ1v) is 9.03. The van der Waals surface area contributed by atoms with E-state index in [-0.39, 0.29) is 11.7 Å². The second-order valence-corrected chi connectivity index (χ2v) is 8.58. The van der Waals surface area contributed by atoms with Gasteiger partial charge in [-0.2, -0.15) is 0 Å². The molecule has 2 aromatic carbocycles. The number of rotatable bonds is 1. The van der Waals surface area contributed by atoms with E-state index >= 15 is 0 Å². The van der Waals surface area contributed by atoms with Gasteiger partial charge in [-0.05, 0) is 17.2 Å². The zero-order valence-corrected chi connectivity index (χ0v) is 13.5. The predicted molar refractivity (Wildman–Crippen MR) is 86.6 cm³/mol. The maximum absolute atomic E-state index is 12.7. The molecule has 1 N–H and O–H groups in total. The molecule has 0 saturated carbocycles. The molecule has 0 bridgehead atoms. The lowest BCUT2D eigenvalue weighted by Gasteiger charge is -2.33. The van der Waals surface area contributed by atoms with Crippen LogP contribution in [0.3, 0.4) is 0 Å². The number of sulfone groups is 1. The average Bonchev–Trinajstić information content (AvgIpc) is 2.53. The average molecular weight is 316 g/mol. The van der Waals surface area contributed by atoms with Crippen molar-refractivity contribution in [2.24, 2.45) is 5.41 Å². The molecule has 2 aromatic rings. The zero-order valence-electron chi connectivity index (χ0n) is 12.7. The lowest BCUT2D eigenvalue weighted by molar-refractivity contribution is 0.0521. The number of aliphatic hydroxyl groups is 1. The highest BCUT2D eigenvalue weighted by Crippen LogP contribution is 2.44. The second-order valence-electron chi connectivity index (χ2n) is 6.62. The third-order valence-corrected chi connectivity index (χ3v) is 6.59. The van der Waals surface area contributed by atoms with Crippen LogP contribution in [0.2, 0.25) is 0 Å². The first kappa shape index (κ1) is 15.3. The molecular weight excluding hydrogens is 296 g/mol. The van der Waals surface area contributed by atoms with Crippen molar-refractivity contribution in [2.45, 2.75) is 30.8 Å². The number of benzene rings is 2. The van der Waals surface area contributed by atoms with Crippen LogP contribution in [0.4, 0.5) is 0 Å². The van der Waals surface area contributed by atoms with Gasteiger partial charge in [-0.1, -0.05) is 62.4 Å². The number of hydrogen-bond acceptors (Lipinski definition) is 3. The SMILES string of the molecule is CC1(C)CS(=O)(=O)c2ccccc2C(c2ccccc2)C1O. The van der Waals surface area contributed by atoms with Crippen molar-refractivity contribution in [2.75, 3.05) is 5.75 Å². The summed E-state index contributed by atoms with van der Waals surface area (Å²) in [6.45, 7) is 3.63. The Morgan fingerprint density at radius 3 is 2.27 bits per heavy atom. The normalized spacial score (nSPS) is 26.0. The van der Waals surface area contributed by atoms with Crippen molar-refractivity contribution >= 4 is 9.84 Å². The summed E-state index contributed by atoms with van der Waals surface area (Å²) in [5, 5.41) is 10.9. The standard InChI is InChI=1S/C18H20O3S/c1-18(2)12-22(20,21)15-11-7-6-10-14(15)16(17(18)19)13-8-4-3-5-9-13/h3-11,16-17,19H,12H2,1-2H3. The molecule has 1 aliphatic rings. The van der Waals surface area contributed by atoms with Gasteiger partial charge in [0.25, 0.3) is 0 Å². The van der Waals surface area contributed by atoms with Gasteiger partial charge in [-0.3, -0.25) is 0 Å². The Kier molecular flexibility index (Phi) is 3.62. The van der Waals surface area contributed by atoms with E-state index in [0.717, 1.165) is 5.56 Å². The molecule has 116 valence electrons. The molecule has 0 fully saturated rings. The fraction of sp³-hybridized carbons (Fsp3) is 0.333. The molecule has 3 nitrogen and oxygen atoms in total. The van der Waals surface area contributed by atoms with Crippen molar-refractivity contribution in [3.05, 3.63) is 65.7 Å². The minimum atomic E-state index is -3.42. The predicted octanol–water partition coefficient (Wildman–Crippen LogP) is 2.99. The molecule has 4 heteroatoms. The van der Waals surface area contributed by atoms with Crippen LogP contribution in [0.1, 0.15) is 30.9 Å². The molecule has 2 unspecified atom stereocenters. The third-order valence-electron chi connectivity index (χ3n) is 4.43. The van der Waals surface area contributed by atoms with Crippen molar-refractivity contribution in [3.63, 3.8) is 0 Å². The summed E-state index contributed by atoms with van der Waals surface area (Å²) < 4.78 is 25.4. The van der Waals surface area contributed by atoms with E-state index in [1.54, 1.807) is 12.1 Å². The topological polar surface area (TPSA) is 54.4 Å². The Bertz CT molecular complexity index is 779. The summed E-state index contributed by atoms with van der Waals surface area (Å²) in [4.78, 5) is 0.341. The lowest BCUT2D eigenvalue weighted by atomic mass is 9.75. The number of aliphatic hydroxyl groups excluding tert-OH is 1. The highest BCUT2D eigenvalue weighted by atomic mass is 32.2. The third kappa shape index (κ3) is 2.46. The molecule has 22 heavy (non-hydrogen) atoms. The Balaban J connectivity index is 2.30. The van der Waals surface area contributed by atoms with Gasteiger partial charge in [0.2, 0.25) is 0 Å². The van der Waals surface area contributed by atoms with E-state index in [0.29, 0.717) is 10.5 Å². The second kappa shape index (κ2) is 5.21. The number of hydrogen-bond donors (Lipinski definition) is 1. The van der Waals surface area contributed by atoms with Gasteiger partial charge in [0.1, 0.15) is 0 Å².